The van der Waals surface area contributed by atoms with E-state index in [9.17, 15) is 0 Å². The van der Waals surface area contributed by atoms with Gasteiger partial charge in [-0.2, -0.15) is 0 Å². The third-order valence-corrected chi connectivity index (χ3v) is 4.94. The molecule has 2 rings (SSSR count). The average Bonchev–Trinajstić information content (AvgIpc) is 2.41. The van der Waals surface area contributed by atoms with E-state index in [2.05, 4.69) is 64.8 Å². The van der Waals surface area contributed by atoms with E-state index in [1.807, 2.05) is 0 Å². The first kappa shape index (κ1) is 15.8. The van der Waals surface area contributed by atoms with Gasteiger partial charge in [-0.1, -0.05) is 28.9 Å². The fourth-order valence-electron chi connectivity index (χ4n) is 2.83. The molecular formula is C16H26BrN3. The van der Waals surface area contributed by atoms with Crippen LogP contribution in [0.1, 0.15) is 25.8 Å². The van der Waals surface area contributed by atoms with E-state index >= 15 is 0 Å². The highest BCUT2D eigenvalue weighted by Crippen LogP contribution is 2.27. The van der Waals surface area contributed by atoms with Gasteiger partial charge < -0.3 is 15.5 Å². The number of benzene rings is 1. The Labute approximate surface area is 131 Å². The van der Waals surface area contributed by atoms with Crippen molar-refractivity contribution in [3.63, 3.8) is 0 Å². The average molecular weight is 340 g/mol. The van der Waals surface area contributed by atoms with E-state index in [0.717, 1.165) is 32.5 Å². The van der Waals surface area contributed by atoms with Crippen LogP contribution in [0.2, 0.25) is 0 Å². The summed E-state index contributed by atoms with van der Waals surface area (Å²) in [5.41, 5.74) is 8.68. The summed E-state index contributed by atoms with van der Waals surface area (Å²) >= 11 is 3.71. The van der Waals surface area contributed by atoms with Gasteiger partial charge in [0.1, 0.15) is 0 Å². The monoisotopic (exact) mass is 339 g/mol. The maximum absolute atomic E-state index is 6.06. The highest BCUT2D eigenvalue weighted by molar-refractivity contribution is 9.10. The first-order chi connectivity index (χ1) is 9.51. The Morgan fingerprint density at radius 2 is 2.15 bits per heavy atom. The van der Waals surface area contributed by atoms with Crippen molar-refractivity contribution in [2.75, 3.05) is 31.6 Å². The predicted octanol–water partition coefficient (Wildman–Crippen LogP) is 2.87. The summed E-state index contributed by atoms with van der Waals surface area (Å²) < 4.78 is 1.19. The van der Waals surface area contributed by atoms with Crippen molar-refractivity contribution in [3.8, 4) is 0 Å². The zero-order chi connectivity index (χ0) is 14.7. The molecule has 0 amide bonds. The van der Waals surface area contributed by atoms with E-state index < -0.39 is 0 Å². The molecule has 1 saturated heterocycles. The lowest BCUT2D eigenvalue weighted by Crippen LogP contribution is -2.50. The molecule has 20 heavy (non-hydrogen) atoms. The fraction of sp³-hybridized carbons (Fsp3) is 0.625. The van der Waals surface area contributed by atoms with Crippen LogP contribution in [0.5, 0.6) is 0 Å². The molecule has 1 fully saturated rings. The van der Waals surface area contributed by atoms with E-state index in [4.69, 9.17) is 5.73 Å². The molecule has 0 radical (unpaired) electrons. The predicted molar refractivity (Wildman–Crippen MR) is 90.4 cm³/mol. The van der Waals surface area contributed by atoms with Crippen molar-refractivity contribution in [1.29, 1.82) is 0 Å². The lowest BCUT2D eigenvalue weighted by atomic mass is 10.0. The summed E-state index contributed by atoms with van der Waals surface area (Å²) in [6.07, 6.45) is 1.96. The summed E-state index contributed by atoms with van der Waals surface area (Å²) in [6, 6.07) is 7.52. The molecule has 0 bridgehead atoms. The number of likely N-dealkylation sites (N-methyl/N-ethyl adjacent to an activating group) is 1. The number of piperazine rings is 1. The molecule has 2 atom stereocenters. The maximum atomic E-state index is 6.06. The molecule has 1 aromatic rings. The maximum Gasteiger partial charge on any atom is 0.0389 e. The summed E-state index contributed by atoms with van der Waals surface area (Å²) in [6.45, 7) is 7.78. The van der Waals surface area contributed by atoms with Gasteiger partial charge in [-0.25, -0.2) is 0 Å². The third-order valence-electron chi connectivity index (χ3n) is 4.21. The minimum atomic E-state index is 0.250. The van der Waals surface area contributed by atoms with Crippen molar-refractivity contribution in [2.24, 2.45) is 5.73 Å². The Balaban J connectivity index is 2.12. The molecule has 4 heteroatoms. The molecule has 1 aliphatic heterocycles. The minimum Gasteiger partial charge on any atom is -0.366 e. The highest BCUT2D eigenvalue weighted by Gasteiger charge is 2.22. The van der Waals surface area contributed by atoms with Crippen LogP contribution in [0.3, 0.4) is 0 Å². The summed E-state index contributed by atoms with van der Waals surface area (Å²) in [4.78, 5) is 4.89. The largest absolute Gasteiger partial charge is 0.366 e. The molecule has 0 saturated carbocycles. The molecule has 1 aliphatic rings. The van der Waals surface area contributed by atoms with Crippen LogP contribution in [0.15, 0.2) is 22.7 Å². The molecule has 0 spiro atoms. The van der Waals surface area contributed by atoms with Crippen molar-refractivity contribution in [3.05, 3.63) is 28.2 Å². The van der Waals surface area contributed by atoms with Crippen LogP contribution >= 0.6 is 15.9 Å². The molecule has 2 N–H and O–H groups in total. The molecular weight excluding hydrogens is 314 g/mol. The van der Waals surface area contributed by atoms with Crippen molar-refractivity contribution >= 4 is 21.6 Å². The Bertz CT molecular complexity index is 449. The highest BCUT2D eigenvalue weighted by atomic mass is 79.9. The summed E-state index contributed by atoms with van der Waals surface area (Å²) in [5, 5.41) is 0. The number of nitrogens with two attached hydrogens (primary N) is 1. The standard InChI is InChI=1S/C16H26BrN3/c1-4-14(18)9-13-5-6-15(10-16(13)17)20-8-7-19(3)11-12(20)2/h5-6,10,12,14H,4,7-9,11,18H2,1-3H3. The minimum absolute atomic E-state index is 0.250. The van der Waals surface area contributed by atoms with Crippen molar-refractivity contribution in [2.45, 2.75) is 38.8 Å². The molecule has 0 aromatic heterocycles. The van der Waals surface area contributed by atoms with Crippen LogP contribution in [-0.2, 0) is 6.42 Å². The molecule has 0 aliphatic carbocycles. The SMILES string of the molecule is CCC(N)Cc1ccc(N2CCN(C)CC2C)cc1Br. The van der Waals surface area contributed by atoms with Crippen LogP contribution in [0, 0.1) is 0 Å². The zero-order valence-corrected chi connectivity index (χ0v) is 14.4. The van der Waals surface area contributed by atoms with Gasteiger partial charge in [-0.15, -0.1) is 0 Å². The second-order valence-corrected chi connectivity index (χ2v) is 6.81. The number of rotatable bonds is 4. The van der Waals surface area contributed by atoms with Gasteiger partial charge in [-0.05, 0) is 44.5 Å². The van der Waals surface area contributed by atoms with E-state index in [1.54, 1.807) is 0 Å². The van der Waals surface area contributed by atoms with Gasteiger partial charge >= 0.3 is 0 Å². The van der Waals surface area contributed by atoms with Gasteiger partial charge in [0.2, 0.25) is 0 Å². The molecule has 112 valence electrons. The third kappa shape index (κ3) is 3.74. The topological polar surface area (TPSA) is 32.5 Å². The fourth-order valence-corrected chi connectivity index (χ4v) is 3.36. The number of nitrogens with zero attached hydrogens (tertiary/aromatic N) is 2. The number of hydrogen-bond acceptors (Lipinski definition) is 3. The van der Waals surface area contributed by atoms with E-state index in [1.165, 1.54) is 15.7 Å². The first-order valence-corrected chi connectivity index (χ1v) is 8.29. The number of halogens is 1. The first-order valence-electron chi connectivity index (χ1n) is 7.50. The van der Waals surface area contributed by atoms with Gasteiger partial charge in [0.25, 0.3) is 0 Å². The van der Waals surface area contributed by atoms with Crippen molar-refractivity contribution in [1.82, 2.24) is 4.90 Å². The van der Waals surface area contributed by atoms with E-state index in [-0.39, 0.29) is 6.04 Å². The van der Waals surface area contributed by atoms with Gasteiger partial charge in [0.15, 0.2) is 0 Å². The van der Waals surface area contributed by atoms with Gasteiger partial charge in [0.05, 0.1) is 0 Å². The van der Waals surface area contributed by atoms with Crippen molar-refractivity contribution < 1.29 is 0 Å². The van der Waals surface area contributed by atoms with Crippen LogP contribution in [0.4, 0.5) is 5.69 Å². The quantitative estimate of drug-likeness (QED) is 0.915. The second-order valence-electron chi connectivity index (χ2n) is 5.95. The molecule has 2 unspecified atom stereocenters. The number of hydrogen-bond donors (Lipinski definition) is 1. The zero-order valence-electron chi connectivity index (χ0n) is 12.8. The summed E-state index contributed by atoms with van der Waals surface area (Å²) in [5.74, 6) is 0. The lowest BCUT2D eigenvalue weighted by molar-refractivity contribution is 0.275. The second kappa shape index (κ2) is 6.92. The Kier molecular flexibility index (Phi) is 5.47. The van der Waals surface area contributed by atoms with Gasteiger partial charge in [0, 0.05) is 41.9 Å². The Morgan fingerprint density at radius 1 is 1.40 bits per heavy atom. The van der Waals surface area contributed by atoms with Crippen LogP contribution in [-0.4, -0.2) is 43.7 Å². The molecule has 3 nitrogen and oxygen atoms in total. The van der Waals surface area contributed by atoms with Crippen LogP contribution < -0.4 is 10.6 Å². The Hall–Kier alpha value is -0.580. The van der Waals surface area contributed by atoms with Crippen LogP contribution in [0.25, 0.3) is 0 Å². The number of anilines is 1. The molecule has 1 heterocycles. The summed E-state index contributed by atoms with van der Waals surface area (Å²) in [7, 11) is 2.19. The normalized spacial score (nSPS) is 22.1. The van der Waals surface area contributed by atoms with E-state index in [0.29, 0.717) is 6.04 Å². The lowest BCUT2D eigenvalue weighted by Gasteiger charge is -2.40. The van der Waals surface area contributed by atoms with Gasteiger partial charge in [-0.3, -0.25) is 0 Å². The smallest absolute Gasteiger partial charge is 0.0389 e. The molecule has 1 aromatic carbocycles. The Morgan fingerprint density at radius 3 is 2.75 bits per heavy atom.